The number of hydrogen-bond donors (Lipinski definition) is 0. The van der Waals surface area contributed by atoms with Crippen molar-refractivity contribution >= 4 is 27.9 Å². The maximum Gasteiger partial charge on any atom is 0.324 e. The van der Waals surface area contributed by atoms with Gasteiger partial charge in [-0.25, -0.2) is 0 Å². The maximum atomic E-state index is 12.6. The lowest BCUT2D eigenvalue weighted by molar-refractivity contribution is -0.172. The first kappa shape index (κ1) is 17.5. The van der Waals surface area contributed by atoms with Gasteiger partial charge in [0.1, 0.15) is 0 Å². The first-order chi connectivity index (χ1) is 11.0. The second-order valence-corrected chi connectivity index (χ2v) is 6.33. The Bertz CT molecular complexity index is 615. The van der Waals surface area contributed by atoms with Crippen LogP contribution in [0.15, 0.2) is 53.0 Å². The van der Waals surface area contributed by atoms with Crippen molar-refractivity contribution in [1.82, 2.24) is 0 Å². The van der Waals surface area contributed by atoms with E-state index in [0.29, 0.717) is 6.42 Å². The van der Waals surface area contributed by atoms with Gasteiger partial charge in [0, 0.05) is 10.4 Å². The molecule has 23 heavy (non-hydrogen) atoms. The highest BCUT2D eigenvalue weighted by molar-refractivity contribution is 9.10. The van der Waals surface area contributed by atoms with Crippen molar-refractivity contribution < 1.29 is 19.1 Å². The molecule has 122 valence electrons. The first-order valence-corrected chi connectivity index (χ1v) is 8.08. The zero-order valence-corrected chi connectivity index (χ0v) is 14.7. The van der Waals surface area contributed by atoms with Gasteiger partial charge >= 0.3 is 11.9 Å². The highest BCUT2D eigenvalue weighted by Crippen LogP contribution is 2.39. The number of allylic oxidation sites excluding steroid dienone is 4. The van der Waals surface area contributed by atoms with Gasteiger partial charge in [0.25, 0.3) is 0 Å². The van der Waals surface area contributed by atoms with E-state index in [2.05, 4.69) is 15.9 Å². The summed E-state index contributed by atoms with van der Waals surface area (Å²) in [7, 11) is 2.59. The Labute approximate surface area is 144 Å². The Morgan fingerprint density at radius 3 is 2.22 bits per heavy atom. The van der Waals surface area contributed by atoms with Crippen LogP contribution in [0.25, 0.3) is 0 Å². The van der Waals surface area contributed by atoms with E-state index in [9.17, 15) is 9.59 Å². The summed E-state index contributed by atoms with van der Waals surface area (Å²) in [6, 6.07) is 7.52. The van der Waals surface area contributed by atoms with Gasteiger partial charge in [-0.3, -0.25) is 9.59 Å². The lowest BCUT2D eigenvalue weighted by Gasteiger charge is -2.34. The van der Waals surface area contributed by atoms with Crippen LogP contribution in [-0.2, 0) is 25.5 Å². The first-order valence-electron chi connectivity index (χ1n) is 7.29. The van der Waals surface area contributed by atoms with Gasteiger partial charge < -0.3 is 9.47 Å². The van der Waals surface area contributed by atoms with Crippen molar-refractivity contribution in [2.45, 2.75) is 12.8 Å². The molecule has 0 saturated carbocycles. The van der Waals surface area contributed by atoms with Crippen LogP contribution >= 0.6 is 15.9 Å². The van der Waals surface area contributed by atoms with E-state index in [0.717, 1.165) is 10.0 Å². The highest BCUT2D eigenvalue weighted by atomic mass is 79.9. The fraction of sp³-hybridized carbons (Fsp3) is 0.333. The summed E-state index contributed by atoms with van der Waals surface area (Å²) >= 11 is 3.38. The lowest BCUT2D eigenvalue weighted by atomic mass is 9.68. The number of halogens is 1. The minimum absolute atomic E-state index is 0.225. The second kappa shape index (κ2) is 7.59. The summed E-state index contributed by atoms with van der Waals surface area (Å²) in [5.74, 6) is -1.45. The highest BCUT2D eigenvalue weighted by Gasteiger charge is 2.53. The second-order valence-electron chi connectivity index (χ2n) is 5.41. The van der Waals surface area contributed by atoms with Crippen molar-refractivity contribution in [2.75, 3.05) is 14.2 Å². The predicted octanol–water partition coefficient (Wildman–Crippen LogP) is 3.46. The van der Waals surface area contributed by atoms with Crippen LogP contribution in [0.3, 0.4) is 0 Å². The summed E-state index contributed by atoms with van der Waals surface area (Å²) in [4.78, 5) is 25.2. The van der Waals surface area contributed by atoms with Crippen LogP contribution in [0.4, 0.5) is 0 Å². The van der Waals surface area contributed by atoms with Gasteiger partial charge in [0.05, 0.1) is 14.2 Å². The molecule has 1 unspecified atom stereocenters. The van der Waals surface area contributed by atoms with Crippen LogP contribution in [0.1, 0.15) is 12.0 Å². The van der Waals surface area contributed by atoms with Gasteiger partial charge in [-0.2, -0.15) is 0 Å². The van der Waals surface area contributed by atoms with E-state index in [-0.39, 0.29) is 12.3 Å². The number of ether oxygens (including phenoxy) is 2. The molecule has 1 aromatic rings. The zero-order chi connectivity index (χ0) is 16.9. The molecule has 0 bridgehead atoms. The molecule has 0 aromatic heterocycles. The van der Waals surface area contributed by atoms with Crippen molar-refractivity contribution in [2.24, 2.45) is 11.3 Å². The summed E-state index contributed by atoms with van der Waals surface area (Å²) in [5.41, 5.74) is -0.523. The third-order valence-electron chi connectivity index (χ3n) is 4.11. The number of rotatable bonds is 5. The maximum absolute atomic E-state index is 12.6. The van der Waals surface area contributed by atoms with Gasteiger partial charge in [-0.1, -0.05) is 52.4 Å². The number of hydrogen-bond acceptors (Lipinski definition) is 4. The van der Waals surface area contributed by atoms with Crippen molar-refractivity contribution in [3.63, 3.8) is 0 Å². The van der Waals surface area contributed by atoms with Crippen LogP contribution in [0, 0.1) is 11.3 Å². The van der Waals surface area contributed by atoms with E-state index < -0.39 is 17.4 Å². The topological polar surface area (TPSA) is 52.6 Å². The Balaban J connectivity index is 2.48. The van der Waals surface area contributed by atoms with E-state index in [1.54, 1.807) is 0 Å². The Morgan fingerprint density at radius 1 is 1.13 bits per heavy atom. The van der Waals surface area contributed by atoms with Gasteiger partial charge in [0.15, 0.2) is 5.41 Å². The third-order valence-corrected chi connectivity index (χ3v) is 4.64. The average molecular weight is 379 g/mol. The van der Waals surface area contributed by atoms with Gasteiger partial charge in [-0.05, 0) is 30.5 Å². The minimum atomic E-state index is -1.39. The molecule has 0 heterocycles. The van der Waals surface area contributed by atoms with E-state index in [1.807, 2.05) is 48.6 Å². The fourth-order valence-corrected chi connectivity index (χ4v) is 3.16. The molecule has 0 radical (unpaired) electrons. The predicted molar refractivity (Wildman–Crippen MR) is 90.7 cm³/mol. The summed E-state index contributed by atoms with van der Waals surface area (Å²) in [6.45, 7) is 0. The van der Waals surface area contributed by atoms with E-state index in [4.69, 9.17) is 9.47 Å². The van der Waals surface area contributed by atoms with E-state index >= 15 is 0 Å². The summed E-state index contributed by atoms with van der Waals surface area (Å²) < 4.78 is 10.9. The molecule has 0 amide bonds. The Kier molecular flexibility index (Phi) is 5.77. The standard InChI is InChI=1S/C18H19BrO4/c1-22-16(20)18(17(21)23-2,14-6-4-3-5-7-14)12-13-8-10-15(19)11-9-13/h3-6,8-11,14H,7,12H2,1-2H3. The van der Waals surface area contributed by atoms with Crippen LogP contribution in [-0.4, -0.2) is 26.2 Å². The average Bonchev–Trinajstić information content (AvgIpc) is 2.60. The van der Waals surface area contributed by atoms with Crippen molar-refractivity contribution in [1.29, 1.82) is 0 Å². The number of carbonyl (C=O) groups excluding carboxylic acids is 2. The number of carbonyl (C=O) groups is 2. The van der Waals surface area contributed by atoms with Crippen LogP contribution < -0.4 is 0 Å². The molecule has 1 aliphatic carbocycles. The molecular weight excluding hydrogens is 360 g/mol. The molecule has 1 atom stereocenters. The summed E-state index contributed by atoms with van der Waals surface area (Å²) in [5, 5.41) is 0. The number of benzene rings is 1. The van der Waals surface area contributed by atoms with Gasteiger partial charge in [-0.15, -0.1) is 0 Å². The molecule has 1 aliphatic rings. The number of esters is 2. The molecule has 0 aliphatic heterocycles. The summed E-state index contributed by atoms with van der Waals surface area (Å²) in [6.07, 6.45) is 8.35. The van der Waals surface area contributed by atoms with Gasteiger partial charge in [0.2, 0.25) is 0 Å². The molecule has 5 heteroatoms. The molecule has 0 N–H and O–H groups in total. The molecule has 1 aromatic carbocycles. The third kappa shape index (κ3) is 3.55. The quantitative estimate of drug-likeness (QED) is 0.581. The van der Waals surface area contributed by atoms with Crippen molar-refractivity contribution in [3.05, 3.63) is 58.6 Å². The smallest absolute Gasteiger partial charge is 0.324 e. The molecule has 0 fully saturated rings. The molecule has 4 nitrogen and oxygen atoms in total. The monoisotopic (exact) mass is 378 g/mol. The van der Waals surface area contributed by atoms with Crippen molar-refractivity contribution in [3.8, 4) is 0 Å². The Morgan fingerprint density at radius 2 is 1.74 bits per heavy atom. The van der Waals surface area contributed by atoms with E-state index in [1.165, 1.54) is 14.2 Å². The molecular formula is C18H19BrO4. The minimum Gasteiger partial charge on any atom is -0.468 e. The largest absolute Gasteiger partial charge is 0.468 e. The Hall–Kier alpha value is -1.88. The lowest BCUT2D eigenvalue weighted by Crippen LogP contribution is -2.48. The SMILES string of the molecule is COC(=O)C(Cc1ccc(Br)cc1)(C(=O)OC)C1C=CC=CC1. The van der Waals surface area contributed by atoms with Crippen LogP contribution in [0.5, 0.6) is 0 Å². The normalized spacial score (nSPS) is 16.9. The number of methoxy groups -OCH3 is 2. The molecule has 2 rings (SSSR count). The zero-order valence-electron chi connectivity index (χ0n) is 13.1. The molecule has 0 spiro atoms. The molecule has 0 saturated heterocycles. The fourth-order valence-electron chi connectivity index (χ4n) is 2.90. The van der Waals surface area contributed by atoms with Crippen LogP contribution in [0.2, 0.25) is 0 Å².